The Morgan fingerprint density at radius 1 is 1.23 bits per heavy atom. The fourth-order valence-electron chi connectivity index (χ4n) is 3.65. The Labute approximate surface area is 156 Å². The Morgan fingerprint density at radius 3 is 2.58 bits per heavy atom. The second kappa shape index (κ2) is 8.99. The van der Waals surface area contributed by atoms with E-state index in [4.69, 9.17) is 0 Å². The van der Waals surface area contributed by atoms with Gasteiger partial charge in [-0.05, 0) is 48.9 Å². The maximum absolute atomic E-state index is 12.9. The molecule has 1 saturated heterocycles. The summed E-state index contributed by atoms with van der Waals surface area (Å²) in [5.41, 5.74) is 1.25. The highest BCUT2D eigenvalue weighted by Crippen LogP contribution is 2.20. The first kappa shape index (κ1) is 18.6. The van der Waals surface area contributed by atoms with Crippen molar-refractivity contribution in [1.29, 1.82) is 0 Å². The van der Waals surface area contributed by atoms with Gasteiger partial charge in [-0.2, -0.15) is 0 Å². The van der Waals surface area contributed by atoms with Crippen LogP contribution in [0.1, 0.15) is 44.7 Å². The number of hydrogen-bond acceptors (Lipinski definition) is 3. The van der Waals surface area contributed by atoms with Crippen LogP contribution in [0.4, 0.5) is 0 Å². The average Bonchev–Trinajstić information content (AvgIpc) is 3.16. The van der Waals surface area contributed by atoms with Crippen molar-refractivity contribution >= 4 is 5.91 Å². The van der Waals surface area contributed by atoms with Crippen LogP contribution in [0.2, 0.25) is 0 Å². The van der Waals surface area contributed by atoms with Gasteiger partial charge in [0.25, 0.3) is 0 Å². The lowest BCUT2D eigenvalue weighted by Crippen LogP contribution is -2.46. The fourth-order valence-corrected chi connectivity index (χ4v) is 3.65. The van der Waals surface area contributed by atoms with E-state index in [0.29, 0.717) is 5.92 Å². The van der Waals surface area contributed by atoms with Gasteiger partial charge in [-0.15, -0.1) is 0 Å². The molecule has 3 heterocycles. The van der Waals surface area contributed by atoms with Crippen molar-refractivity contribution in [2.24, 2.45) is 5.92 Å². The van der Waals surface area contributed by atoms with Gasteiger partial charge in [0, 0.05) is 50.5 Å². The lowest BCUT2D eigenvalue weighted by Gasteiger charge is -2.33. The first-order valence-electron chi connectivity index (χ1n) is 9.66. The largest absolute Gasteiger partial charge is 0.351 e. The van der Waals surface area contributed by atoms with Gasteiger partial charge in [0.05, 0.1) is 0 Å². The van der Waals surface area contributed by atoms with Gasteiger partial charge in [-0.3, -0.25) is 14.7 Å². The molecule has 0 unspecified atom stereocenters. The van der Waals surface area contributed by atoms with Gasteiger partial charge in [-0.25, -0.2) is 0 Å². The van der Waals surface area contributed by atoms with Crippen molar-refractivity contribution in [3.8, 4) is 0 Å². The number of piperidine rings is 1. The van der Waals surface area contributed by atoms with Crippen molar-refractivity contribution in [3.63, 3.8) is 0 Å². The molecule has 1 amide bonds. The highest BCUT2D eigenvalue weighted by atomic mass is 16.2. The van der Waals surface area contributed by atoms with Gasteiger partial charge in [0.2, 0.25) is 5.91 Å². The van der Waals surface area contributed by atoms with Crippen LogP contribution < -0.4 is 5.32 Å². The number of nitrogens with zero attached hydrogens (tertiary/aromatic N) is 3. The van der Waals surface area contributed by atoms with Crippen LogP contribution in [0.25, 0.3) is 0 Å². The zero-order valence-electron chi connectivity index (χ0n) is 15.8. The molecule has 2 aromatic rings. The highest BCUT2D eigenvalue weighted by molar-refractivity contribution is 5.80. The first-order valence-corrected chi connectivity index (χ1v) is 9.66. The number of hydrogen-bond donors (Lipinski definition) is 1. The number of aromatic nitrogens is 2. The molecule has 0 aliphatic carbocycles. The molecule has 1 fully saturated rings. The summed E-state index contributed by atoms with van der Waals surface area (Å²) in [5, 5.41) is 3.30. The zero-order valence-corrected chi connectivity index (χ0v) is 15.8. The predicted molar refractivity (Wildman–Crippen MR) is 104 cm³/mol. The Kier molecular flexibility index (Phi) is 6.45. The molecule has 1 atom stereocenters. The van der Waals surface area contributed by atoms with Crippen LogP contribution in [0.3, 0.4) is 0 Å². The summed E-state index contributed by atoms with van der Waals surface area (Å²) < 4.78 is 2.03. The fraction of sp³-hybridized carbons (Fsp3) is 0.524. The summed E-state index contributed by atoms with van der Waals surface area (Å²) in [6.45, 7) is 7.30. The summed E-state index contributed by atoms with van der Waals surface area (Å²) in [5.74, 6) is 0.634. The molecule has 0 spiro atoms. The van der Waals surface area contributed by atoms with E-state index in [1.165, 1.54) is 5.56 Å². The van der Waals surface area contributed by atoms with Crippen molar-refractivity contribution in [2.45, 2.75) is 51.7 Å². The lowest BCUT2D eigenvalue weighted by molar-refractivity contribution is -0.125. The molecule has 1 aliphatic rings. The van der Waals surface area contributed by atoms with E-state index in [2.05, 4.69) is 35.1 Å². The summed E-state index contributed by atoms with van der Waals surface area (Å²) in [4.78, 5) is 19.5. The standard InChI is InChI=1S/C21H30N4O/c1-17(2)14-20(25-10-3-4-11-25)21(26)23-19-7-12-24(13-8-19)16-18-6-5-9-22-15-18/h3-6,9-11,15,17,19-20H,7-8,12-14,16H2,1-2H3,(H,23,26)/t20-/m0/s1. The molecule has 1 aliphatic heterocycles. The van der Waals surface area contributed by atoms with Crippen molar-refractivity contribution in [1.82, 2.24) is 19.8 Å². The van der Waals surface area contributed by atoms with Crippen LogP contribution >= 0.6 is 0 Å². The number of carbonyl (C=O) groups is 1. The zero-order chi connectivity index (χ0) is 18.4. The number of carbonyl (C=O) groups excluding carboxylic acids is 1. The van der Waals surface area contributed by atoms with E-state index in [0.717, 1.165) is 38.9 Å². The molecular formula is C21H30N4O. The number of nitrogens with one attached hydrogen (secondary N) is 1. The average molecular weight is 354 g/mol. The van der Waals surface area contributed by atoms with E-state index in [-0.39, 0.29) is 18.0 Å². The Morgan fingerprint density at radius 2 is 1.96 bits per heavy atom. The van der Waals surface area contributed by atoms with E-state index in [1.807, 2.05) is 47.6 Å². The first-order chi connectivity index (χ1) is 12.6. The van der Waals surface area contributed by atoms with Gasteiger partial charge in [-0.1, -0.05) is 19.9 Å². The third-order valence-electron chi connectivity index (χ3n) is 5.05. The molecule has 0 radical (unpaired) electrons. The third kappa shape index (κ3) is 5.18. The third-order valence-corrected chi connectivity index (χ3v) is 5.05. The molecule has 26 heavy (non-hydrogen) atoms. The minimum absolute atomic E-state index is 0.113. The summed E-state index contributed by atoms with van der Waals surface area (Å²) in [7, 11) is 0. The highest BCUT2D eigenvalue weighted by Gasteiger charge is 2.26. The van der Waals surface area contributed by atoms with Crippen molar-refractivity contribution < 1.29 is 4.79 Å². The quantitative estimate of drug-likeness (QED) is 0.830. The molecule has 5 nitrogen and oxygen atoms in total. The summed E-state index contributed by atoms with van der Waals surface area (Å²) in [6.07, 6.45) is 10.6. The molecule has 3 rings (SSSR count). The van der Waals surface area contributed by atoms with Crippen LogP contribution in [0, 0.1) is 5.92 Å². The Bertz CT molecular complexity index is 661. The van der Waals surface area contributed by atoms with Crippen LogP contribution in [-0.4, -0.2) is 39.5 Å². The molecule has 2 aromatic heterocycles. The van der Waals surface area contributed by atoms with E-state index < -0.39 is 0 Å². The minimum atomic E-state index is -0.113. The van der Waals surface area contributed by atoms with Gasteiger partial charge >= 0.3 is 0 Å². The van der Waals surface area contributed by atoms with Crippen LogP contribution in [0.15, 0.2) is 49.1 Å². The SMILES string of the molecule is CC(C)C[C@@H](C(=O)NC1CCN(Cc2cccnc2)CC1)n1cccc1. The normalized spacial score (nSPS) is 17.3. The maximum Gasteiger partial charge on any atom is 0.243 e. The van der Waals surface area contributed by atoms with E-state index >= 15 is 0 Å². The topological polar surface area (TPSA) is 50.2 Å². The Balaban J connectivity index is 1.50. The number of rotatable bonds is 7. The number of pyridine rings is 1. The van der Waals surface area contributed by atoms with Gasteiger partial charge < -0.3 is 9.88 Å². The second-order valence-corrected chi connectivity index (χ2v) is 7.70. The van der Waals surface area contributed by atoms with Crippen molar-refractivity contribution in [2.75, 3.05) is 13.1 Å². The molecule has 0 saturated carbocycles. The molecule has 5 heteroatoms. The monoisotopic (exact) mass is 354 g/mol. The minimum Gasteiger partial charge on any atom is -0.351 e. The van der Waals surface area contributed by atoms with Crippen molar-refractivity contribution in [3.05, 3.63) is 54.6 Å². The molecule has 1 N–H and O–H groups in total. The number of likely N-dealkylation sites (tertiary alicyclic amines) is 1. The predicted octanol–water partition coefficient (Wildman–Crippen LogP) is 3.25. The van der Waals surface area contributed by atoms with E-state index in [1.54, 1.807) is 0 Å². The van der Waals surface area contributed by atoms with Crippen LogP contribution in [0.5, 0.6) is 0 Å². The lowest BCUT2D eigenvalue weighted by atomic mass is 10.0. The maximum atomic E-state index is 12.9. The molecular weight excluding hydrogens is 324 g/mol. The van der Waals surface area contributed by atoms with E-state index in [9.17, 15) is 4.79 Å². The van der Waals surface area contributed by atoms with Gasteiger partial charge in [0.15, 0.2) is 0 Å². The molecule has 0 bridgehead atoms. The number of amides is 1. The van der Waals surface area contributed by atoms with Crippen LogP contribution in [-0.2, 0) is 11.3 Å². The summed E-state index contributed by atoms with van der Waals surface area (Å²) in [6, 6.07) is 8.23. The molecule has 140 valence electrons. The second-order valence-electron chi connectivity index (χ2n) is 7.70. The van der Waals surface area contributed by atoms with Gasteiger partial charge in [0.1, 0.15) is 6.04 Å². The smallest absolute Gasteiger partial charge is 0.243 e. The summed E-state index contributed by atoms with van der Waals surface area (Å²) >= 11 is 0. The molecule has 0 aromatic carbocycles. The Hall–Kier alpha value is -2.14.